The minimum absolute atomic E-state index is 0.0985. The molecule has 1 fully saturated rings. The zero-order valence-electron chi connectivity index (χ0n) is 12.8. The van der Waals surface area contributed by atoms with Gasteiger partial charge in [-0.1, -0.05) is 0 Å². The molecule has 0 spiro atoms. The highest BCUT2D eigenvalue weighted by Gasteiger charge is 2.22. The van der Waals surface area contributed by atoms with Gasteiger partial charge < -0.3 is 15.0 Å². The Morgan fingerprint density at radius 3 is 2.73 bits per heavy atom. The molecule has 22 heavy (non-hydrogen) atoms. The predicted molar refractivity (Wildman–Crippen MR) is 79.7 cm³/mol. The number of nitrogens with one attached hydrogen (secondary N) is 1. The van der Waals surface area contributed by atoms with Crippen LogP contribution in [0.25, 0.3) is 0 Å². The fourth-order valence-corrected chi connectivity index (χ4v) is 2.64. The highest BCUT2D eigenvalue weighted by atomic mass is 19.1. The number of piperidine rings is 1. The topological polar surface area (TPSA) is 41.6 Å². The van der Waals surface area contributed by atoms with Crippen molar-refractivity contribution < 1.29 is 18.3 Å². The molecule has 122 valence electrons. The van der Waals surface area contributed by atoms with E-state index in [9.17, 15) is 13.6 Å². The first-order chi connectivity index (χ1) is 10.6. The predicted octanol–water partition coefficient (Wildman–Crippen LogP) is 2.19. The summed E-state index contributed by atoms with van der Waals surface area (Å²) in [5.41, 5.74) is 0. The van der Waals surface area contributed by atoms with Crippen LogP contribution in [0.15, 0.2) is 18.2 Å². The summed E-state index contributed by atoms with van der Waals surface area (Å²) in [5.74, 6) is -1.07. The van der Waals surface area contributed by atoms with Gasteiger partial charge >= 0.3 is 0 Å². The molecule has 0 atom stereocenters. The number of carbonyl (C=O) groups is 1. The molecule has 1 aliphatic rings. The van der Waals surface area contributed by atoms with Crippen molar-refractivity contribution in [2.45, 2.75) is 19.3 Å². The second-order valence-corrected chi connectivity index (χ2v) is 5.58. The maximum Gasteiger partial charge on any atom is 0.260 e. The molecule has 0 aromatic heterocycles. The number of halogens is 2. The fraction of sp³-hybridized carbons (Fsp3) is 0.562. The Hall–Kier alpha value is -1.69. The summed E-state index contributed by atoms with van der Waals surface area (Å²) >= 11 is 0. The first-order valence-electron chi connectivity index (χ1n) is 7.60. The average molecular weight is 312 g/mol. The first kappa shape index (κ1) is 16.7. The van der Waals surface area contributed by atoms with E-state index in [0.717, 1.165) is 37.9 Å². The van der Waals surface area contributed by atoms with Gasteiger partial charge in [-0.05, 0) is 50.9 Å². The van der Waals surface area contributed by atoms with Gasteiger partial charge in [0.2, 0.25) is 0 Å². The van der Waals surface area contributed by atoms with E-state index in [1.165, 1.54) is 6.07 Å². The van der Waals surface area contributed by atoms with E-state index in [-0.39, 0.29) is 18.3 Å². The molecule has 1 N–H and O–H groups in total. The molecule has 2 rings (SSSR count). The van der Waals surface area contributed by atoms with Crippen LogP contribution in [-0.2, 0) is 4.79 Å². The van der Waals surface area contributed by atoms with Crippen molar-refractivity contribution >= 4 is 5.91 Å². The van der Waals surface area contributed by atoms with Crippen LogP contribution in [0.1, 0.15) is 19.3 Å². The van der Waals surface area contributed by atoms with Gasteiger partial charge in [0.1, 0.15) is 5.82 Å². The van der Waals surface area contributed by atoms with Gasteiger partial charge in [0, 0.05) is 19.2 Å². The largest absolute Gasteiger partial charge is 0.481 e. The molecule has 1 heterocycles. The Bertz CT molecular complexity index is 503. The molecule has 0 saturated carbocycles. The number of hydrogen-bond acceptors (Lipinski definition) is 3. The summed E-state index contributed by atoms with van der Waals surface area (Å²) in [5, 5.41) is 3.13. The third kappa shape index (κ3) is 4.66. The van der Waals surface area contributed by atoms with E-state index in [2.05, 4.69) is 5.32 Å². The Morgan fingerprint density at radius 2 is 2.09 bits per heavy atom. The van der Waals surface area contributed by atoms with Crippen molar-refractivity contribution in [1.82, 2.24) is 10.2 Å². The zero-order valence-corrected chi connectivity index (χ0v) is 12.8. The second kappa shape index (κ2) is 8.08. The van der Waals surface area contributed by atoms with Gasteiger partial charge in [-0.2, -0.15) is 0 Å². The molecule has 0 unspecified atom stereocenters. The summed E-state index contributed by atoms with van der Waals surface area (Å²) in [6.07, 6.45) is 3.09. The van der Waals surface area contributed by atoms with Crippen LogP contribution in [-0.4, -0.2) is 44.1 Å². The normalized spacial score (nSPS) is 15.9. The third-order valence-electron chi connectivity index (χ3n) is 4.01. The molecule has 1 aliphatic heterocycles. The standard InChI is InChI=1S/C16H22F2N2O2/c1-19-7-4-12-5-8-20(9-6-12)16(21)11-22-15-3-2-13(17)10-14(15)18/h2-3,10,12,19H,4-9,11H2,1H3. The van der Waals surface area contributed by atoms with Crippen LogP contribution < -0.4 is 10.1 Å². The van der Waals surface area contributed by atoms with Crippen LogP contribution in [0.3, 0.4) is 0 Å². The van der Waals surface area contributed by atoms with Crippen molar-refractivity contribution in [2.24, 2.45) is 5.92 Å². The zero-order chi connectivity index (χ0) is 15.9. The van der Waals surface area contributed by atoms with Crippen LogP contribution in [0, 0.1) is 17.6 Å². The van der Waals surface area contributed by atoms with Gasteiger partial charge in [0.05, 0.1) is 0 Å². The average Bonchev–Trinajstić information content (AvgIpc) is 2.52. The Morgan fingerprint density at radius 1 is 1.36 bits per heavy atom. The molecule has 0 aliphatic carbocycles. The van der Waals surface area contributed by atoms with Crippen LogP contribution in [0.2, 0.25) is 0 Å². The van der Waals surface area contributed by atoms with Gasteiger partial charge in [0.25, 0.3) is 5.91 Å². The molecule has 1 aromatic rings. The number of amides is 1. The SMILES string of the molecule is CNCCC1CCN(C(=O)COc2ccc(F)cc2F)CC1. The second-order valence-electron chi connectivity index (χ2n) is 5.58. The number of nitrogens with zero attached hydrogens (tertiary/aromatic N) is 1. The molecule has 0 bridgehead atoms. The number of hydrogen-bond donors (Lipinski definition) is 1. The van der Waals surface area contributed by atoms with Crippen LogP contribution in [0.5, 0.6) is 5.75 Å². The first-order valence-corrected chi connectivity index (χ1v) is 7.60. The van der Waals surface area contributed by atoms with E-state index < -0.39 is 11.6 Å². The van der Waals surface area contributed by atoms with E-state index in [0.29, 0.717) is 19.0 Å². The summed E-state index contributed by atoms with van der Waals surface area (Å²) < 4.78 is 31.4. The monoisotopic (exact) mass is 312 g/mol. The number of ether oxygens (including phenoxy) is 1. The highest BCUT2D eigenvalue weighted by Crippen LogP contribution is 2.21. The minimum Gasteiger partial charge on any atom is -0.481 e. The van der Waals surface area contributed by atoms with Gasteiger partial charge in [-0.3, -0.25) is 4.79 Å². The molecule has 6 heteroatoms. The number of benzene rings is 1. The van der Waals surface area contributed by atoms with Gasteiger partial charge in [-0.25, -0.2) is 8.78 Å². The quantitative estimate of drug-likeness (QED) is 0.875. The molecule has 1 amide bonds. The molecular formula is C16H22F2N2O2. The van der Waals surface area contributed by atoms with E-state index >= 15 is 0 Å². The molecule has 1 saturated heterocycles. The summed E-state index contributed by atoms with van der Waals surface area (Å²) in [6, 6.07) is 3.05. The van der Waals surface area contributed by atoms with Crippen molar-refractivity contribution in [3.8, 4) is 5.75 Å². The molecule has 0 radical (unpaired) electrons. The van der Waals surface area contributed by atoms with E-state index in [4.69, 9.17) is 4.74 Å². The summed E-state index contributed by atoms with van der Waals surface area (Å²) in [7, 11) is 1.94. The van der Waals surface area contributed by atoms with Crippen LogP contribution in [0.4, 0.5) is 8.78 Å². The van der Waals surface area contributed by atoms with Crippen molar-refractivity contribution in [1.29, 1.82) is 0 Å². The molecular weight excluding hydrogens is 290 g/mol. The van der Waals surface area contributed by atoms with E-state index in [1.54, 1.807) is 4.90 Å². The maximum atomic E-state index is 13.4. The van der Waals surface area contributed by atoms with Crippen molar-refractivity contribution in [2.75, 3.05) is 33.3 Å². The molecule has 4 nitrogen and oxygen atoms in total. The Kier molecular flexibility index (Phi) is 6.12. The van der Waals surface area contributed by atoms with E-state index in [1.807, 2.05) is 7.05 Å². The van der Waals surface area contributed by atoms with Crippen molar-refractivity contribution in [3.63, 3.8) is 0 Å². The lowest BCUT2D eigenvalue weighted by molar-refractivity contribution is -0.134. The summed E-state index contributed by atoms with van der Waals surface area (Å²) in [6.45, 7) is 2.19. The summed E-state index contributed by atoms with van der Waals surface area (Å²) in [4.78, 5) is 13.8. The molecule has 1 aromatic carbocycles. The number of rotatable bonds is 6. The lowest BCUT2D eigenvalue weighted by Gasteiger charge is -2.32. The van der Waals surface area contributed by atoms with Gasteiger partial charge in [0.15, 0.2) is 18.2 Å². The van der Waals surface area contributed by atoms with Crippen molar-refractivity contribution in [3.05, 3.63) is 29.8 Å². The number of likely N-dealkylation sites (tertiary alicyclic amines) is 1. The third-order valence-corrected chi connectivity index (χ3v) is 4.01. The number of carbonyl (C=O) groups excluding carboxylic acids is 1. The minimum atomic E-state index is -0.793. The Balaban J connectivity index is 1.76. The van der Waals surface area contributed by atoms with Gasteiger partial charge in [-0.15, -0.1) is 0 Å². The Labute approximate surface area is 129 Å². The fourth-order valence-electron chi connectivity index (χ4n) is 2.64. The lowest BCUT2D eigenvalue weighted by atomic mass is 9.93. The maximum absolute atomic E-state index is 13.4. The van der Waals surface area contributed by atoms with Crippen LogP contribution >= 0.6 is 0 Å². The lowest BCUT2D eigenvalue weighted by Crippen LogP contribution is -2.41. The smallest absolute Gasteiger partial charge is 0.260 e. The highest BCUT2D eigenvalue weighted by molar-refractivity contribution is 5.77.